The lowest BCUT2D eigenvalue weighted by atomic mass is 9.95. The fraction of sp³-hybridized carbons (Fsp3) is 0.467. The molecule has 0 atom stereocenters. The highest BCUT2D eigenvalue weighted by Gasteiger charge is 2.29. The van der Waals surface area contributed by atoms with Crippen molar-refractivity contribution in [3.05, 3.63) is 35.2 Å². The van der Waals surface area contributed by atoms with Gasteiger partial charge in [-0.2, -0.15) is 0 Å². The summed E-state index contributed by atoms with van der Waals surface area (Å²) in [6.07, 6.45) is 3.62. The van der Waals surface area contributed by atoms with Crippen LogP contribution in [0.4, 0.5) is 0 Å². The number of fused-ring (bicyclic) bond motifs is 1. The molecule has 0 amide bonds. The Balaban J connectivity index is 1.88. The van der Waals surface area contributed by atoms with Gasteiger partial charge in [-0.25, -0.2) is 0 Å². The minimum Gasteiger partial charge on any atom is -0.312 e. The maximum Gasteiger partial charge on any atom is 0.164 e. The Morgan fingerprint density at radius 3 is 3.00 bits per heavy atom. The molecule has 1 aliphatic carbocycles. The van der Waals surface area contributed by atoms with E-state index in [-0.39, 0.29) is 0 Å². The zero-order valence-electron chi connectivity index (χ0n) is 11.2. The summed E-state index contributed by atoms with van der Waals surface area (Å²) >= 11 is 0. The SMILES string of the molecule is Cc1nnc(-c2cccc3c2CCNC3)n1C1CC1. The Kier molecular flexibility index (Phi) is 2.45. The fourth-order valence-electron chi connectivity index (χ4n) is 3.06. The number of hydrogen-bond donors (Lipinski definition) is 1. The first kappa shape index (κ1) is 11.2. The van der Waals surface area contributed by atoms with Crippen LogP contribution in [0, 0.1) is 6.92 Å². The first-order valence-corrected chi connectivity index (χ1v) is 7.08. The minimum atomic E-state index is 0.627. The van der Waals surface area contributed by atoms with Crippen LogP contribution >= 0.6 is 0 Å². The maximum atomic E-state index is 4.45. The van der Waals surface area contributed by atoms with E-state index in [0.717, 1.165) is 31.2 Å². The van der Waals surface area contributed by atoms with Gasteiger partial charge in [0, 0.05) is 18.2 Å². The van der Waals surface area contributed by atoms with Crippen LogP contribution in [0.25, 0.3) is 11.4 Å². The van der Waals surface area contributed by atoms with Gasteiger partial charge < -0.3 is 9.88 Å². The standard InChI is InChI=1S/C15H18N4/c1-10-17-18-15(19(10)12-5-6-12)14-4-2-3-11-9-16-8-7-13(11)14/h2-4,12,16H,5-9H2,1H3. The van der Waals surface area contributed by atoms with E-state index in [2.05, 4.69) is 45.2 Å². The van der Waals surface area contributed by atoms with Crippen LogP contribution in [0.3, 0.4) is 0 Å². The average molecular weight is 254 g/mol. The molecule has 0 saturated heterocycles. The zero-order valence-corrected chi connectivity index (χ0v) is 11.2. The molecule has 2 aromatic rings. The molecule has 1 saturated carbocycles. The van der Waals surface area contributed by atoms with Gasteiger partial charge in [0.2, 0.25) is 0 Å². The van der Waals surface area contributed by atoms with Crippen LogP contribution in [-0.4, -0.2) is 21.3 Å². The van der Waals surface area contributed by atoms with Crippen molar-refractivity contribution in [2.45, 2.75) is 38.8 Å². The molecular weight excluding hydrogens is 236 g/mol. The molecular formula is C15H18N4. The van der Waals surface area contributed by atoms with E-state index in [4.69, 9.17) is 0 Å². The van der Waals surface area contributed by atoms with E-state index in [1.165, 1.54) is 29.5 Å². The number of nitrogens with one attached hydrogen (secondary N) is 1. The molecule has 1 fully saturated rings. The Morgan fingerprint density at radius 1 is 1.26 bits per heavy atom. The van der Waals surface area contributed by atoms with E-state index < -0.39 is 0 Å². The van der Waals surface area contributed by atoms with Gasteiger partial charge in [-0.15, -0.1) is 10.2 Å². The quantitative estimate of drug-likeness (QED) is 0.893. The summed E-state index contributed by atoms with van der Waals surface area (Å²) in [6.45, 7) is 4.09. The molecule has 0 spiro atoms. The predicted octanol–water partition coefficient (Wildman–Crippen LogP) is 2.23. The zero-order chi connectivity index (χ0) is 12.8. The number of benzene rings is 1. The second kappa shape index (κ2) is 4.17. The summed E-state index contributed by atoms with van der Waals surface area (Å²) in [5.41, 5.74) is 4.15. The number of hydrogen-bond acceptors (Lipinski definition) is 3. The van der Waals surface area contributed by atoms with Crippen LogP contribution in [0.15, 0.2) is 18.2 Å². The third-order valence-corrected chi connectivity index (χ3v) is 4.16. The molecule has 1 N–H and O–H groups in total. The normalized spacial score (nSPS) is 18.4. The van der Waals surface area contributed by atoms with Crippen LogP contribution in [0.2, 0.25) is 0 Å². The molecule has 1 aliphatic heterocycles. The molecule has 19 heavy (non-hydrogen) atoms. The van der Waals surface area contributed by atoms with E-state index in [1.54, 1.807) is 0 Å². The molecule has 1 aromatic heterocycles. The van der Waals surface area contributed by atoms with Crippen LogP contribution in [-0.2, 0) is 13.0 Å². The highest BCUT2D eigenvalue weighted by molar-refractivity contribution is 5.63. The van der Waals surface area contributed by atoms with Gasteiger partial charge in [0.15, 0.2) is 5.82 Å². The second-order valence-corrected chi connectivity index (χ2v) is 5.54. The van der Waals surface area contributed by atoms with Gasteiger partial charge in [-0.1, -0.05) is 18.2 Å². The summed E-state index contributed by atoms with van der Waals surface area (Å²) in [5, 5.41) is 12.2. The average Bonchev–Trinajstić information content (AvgIpc) is 3.21. The fourth-order valence-corrected chi connectivity index (χ4v) is 3.06. The third-order valence-electron chi connectivity index (χ3n) is 4.16. The Hall–Kier alpha value is -1.68. The van der Waals surface area contributed by atoms with Crippen molar-refractivity contribution in [2.24, 2.45) is 0 Å². The van der Waals surface area contributed by atoms with Gasteiger partial charge in [0.25, 0.3) is 0 Å². The molecule has 0 radical (unpaired) electrons. The maximum absolute atomic E-state index is 4.45. The molecule has 4 rings (SSSR count). The van der Waals surface area contributed by atoms with Gasteiger partial charge in [0.05, 0.1) is 0 Å². The first-order valence-electron chi connectivity index (χ1n) is 7.08. The van der Waals surface area contributed by atoms with Gasteiger partial charge in [-0.05, 0) is 43.9 Å². The lowest BCUT2D eigenvalue weighted by molar-refractivity contribution is 0.643. The van der Waals surface area contributed by atoms with Crippen molar-refractivity contribution in [2.75, 3.05) is 6.54 Å². The molecule has 4 nitrogen and oxygen atoms in total. The van der Waals surface area contributed by atoms with Crippen molar-refractivity contribution in [1.29, 1.82) is 0 Å². The smallest absolute Gasteiger partial charge is 0.164 e. The molecule has 2 heterocycles. The first-order chi connectivity index (χ1) is 9.34. The van der Waals surface area contributed by atoms with Gasteiger partial charge >= 0.3 is 0 Å². The largest absolute Gasteiger partial charge is 0.312 e. The highest BCUT2D eigenvalue weighted by Crippen LogP contribution is 2.39. The Labute approximate surface area is 112 Å². The number of nitrogens with zero attached hydrogens (tertiary/aromatic N) is 3. The third kappa shape index (κ3) is 1.78. The topological polar surface area (TPSA) is 42.7 Å². The van der Waals surface area contributed by atoms with Crippen molar-refractivity contribution in [3.63, 3.8) is 0 Å². The second-order valence-electron chi connectivity index (χ2n) is 5.54. The molecule has 0 bridgehead atoms. The summed E-state index contributed by atoms with van der Waals surface area (Å²) in [4.78, 5) is 0. The highest BCUT2D eigenvalue weighted by atomic mass is 15.3. The molecule has 0 unspecified atom stereocenters. The molecule has 1 aromatic carbocycles. The van der Waals surface area contributed by atoms with E-state index >= 15 is 0 Å². The predicted molar refractivity (Wildman–Crippen MR) is 73.9 cm³/mol. The Bertz CT molecular complexity index is 625. The number of rotatable bonds is 2. The van der Waals surface area contributed by atoms with Crippen LogP contribution in [0.1, 0.15) is 35.8 Å². The van der Waals surface area contributed by atoms with Crippen molar-refractivity contribution >= 4 is 0 Å². The number of aromatic nitrogens is 3. The van der Waals surface area contributed by atoms with E-state index in [9.17, 15) is 0 Å². The Morgan fingerprint density at radius 2 is 2.16 bits per heavy atom. The van der Waals surface area contributed by atoms with Gasteiger partial charge in [-0.3, -0.25) is 0 Å². The summed E-state index contributed by atoms with van der Waals surface area (Å²) in [6, 6.07) is 7.19. The van der Waals surface area contributed by atoms with Crippen LogP contribution < -0.4 is 5.32 Å². The van der Waals surface area contributed by atoms with E-state index in [1.807, 2.05) is 0 Å². The molecule has 4 heteroatoms. The summed E-state index contributed by atoms with van der Waals surface area (Å²) in [7, 11) is 0. The van der Waals surface area contributed by atoms with Gasteiger partial charge in [0.1, 0.15) is 5.82 Å². The molecule has 2 aliphatic rings. The van der Waals surface area contributed by atoms with Crippen LogP contribution in [0.5, 0.6) is 0 Å². The minimum absolute atomic E-state index is 0.627. The lowest BCUT2D eigenvalue weighted by Crippen LogP contribution is -2.24. The van der Waals surface area contributed by atoms with E-state index in [0.29, 0.717) is 6.04 Å². The van der Waals surface area contributed by atoms with Crippen molar-refractivity contribution < 1.29 is 0 Å². The van der Waals surface area contributed by atoms with Crippen molar-refractivity contribution in [1.82, 2.24) is 20.1 Å². The summed E-state index contributed by atoms with van der Waals surface area (Å²) in [5.74, 6) is 2.11. The lowest BCUT2D eigenvalue weighted by Gasteiger charge is -2.20. The van der Waals surface area contributed by atoms with Crippen molar-refractivity contribution in [3.8, 4) is 11.4 Å². The molecule has 98 valence electrons. The number of aryl methyl sites for hydroxylation is 1. The summed E-state index contributed by atoms with van der Waals surface area (Å²) < 4.78 is 2.33. The monoisotopic (exact) mass is 254 g/mol.